The van der Waals surface area contributed by atoms with E-state index in [0.717, 1.165) is 22.5 Å². The van der Waals surface area contributed by atoms with Crippen LogP contribution in [0.3, 0.4) is 0 Å². The van der Waals surface area contributed by atoms with Crippen LogP contribution in [-0.2, 0) is 12.5 Å². The van der Waals surface area contributed by atoms with Crippen LogP contribution >= 0.6 is 11.6 Å². The van der Waals surface area contributed by atoms with Gasteiger partial charge in [0.1, 0.15) is 0 Å². The zero-order valence-electron chi connectivity index (χ0n) is 13.3. The molecule has 2 heterocycles. The number of aromatic nitrogens is 2. The molecule has 0 radical (unpaired) electrons. The van der Waals surface area contributed by atoms with Gasteiger partial charge >= 0.3 is 0 Å². The van der Waals surface area contributed by atoms with Crippen molar-refractivity contribution < 1.29 is 14.6 Å². The maximum atomic E-state index is 8.80. The van der Waals surface area contributed by atoms with Gasteiger partial charge in [0.2, 0.25) is 11.8 Å². The molecule has 2 aromatic heterocycles. The SMILES string of the molecule is COc1ccc(CCl)c(C)n1.COc1ccc(CO)c(C)n1. The molecule has 0 aliphatic carbocycles. The summed E-state index contributed by atoms with van der Waals surface area (Å²) < 4.78 is 9.84. The summed E-state index contributed by atoms with van der Waals surface area (Å²) in [5.74, 6) is 1.72. The minimum Gasteiger partial charge on any atom is -0.481 e. The molecule has 2 aromatic rings. The molecule has 0 saturated heterocycles. The van der Waals surface area contributed by atoms with Crippen LogP contribution in [0.2, 0.25) is 0 Å². The number of methoxy groups -OCH3 is 2. The highest BCUT2D eigenvalue weighted by atomic mass is 35.5. The zero-order chi connectivity index (χ0) is 16.5. The third-order valence-corrected chi connectivity index (χ3v) is 3.36. The maximum absolute atomic E-state index is 8.80. The molecule has 0 spiro atoms. The number of halogens is 1. The van der Waals surface area contributed by atoms with Crippen molar-refractivity contribution in [2.45, 2.75) is 26.3 Å². The molecular weight excluding hydrogens is 304 g/mol. The zero-order valence-corrected chi connectivity index (χ0v) is 14.0. The predicted molar refractivity (Wildman–Crippen MR) is 86.5 cm³/mol. The van der Waals surface area contributed by atoms with Crippen LogP contribution in [-0.4, -0.2) is 29.3 Å². The number of pyridine rings is 2. The maximum Gasteiger partial charge on any atom is 0.213 e. The van der Waals surface area contributed by atoms with Crippen molar-refractivity contribution in [1.29, 1.82) is 0 Å². The van der Waals surface area contributed by atoms with Gasteiger partial charge in [-0.15, -0.1) is 11.6 Å². The summed E-state index contributed by atoms with van der Waals surface area (Å²) in [6.07, 6.45) is 0. The van der Waals surface area contributed by atoms with Crippen LogP contribution in [0, 0.1) is 13.8 Å². The Bertz CT molecular complexity index is 552. The van der Waals surface area contributed by atoms with E-state index in [4.69, 9.17) is 26.2 Å². The van der Waals surface area contributed by atoms with E-state index in [9.17, 15) is 0 Å². The van der Waals surface area contributed by atoms with Crippen LogP contribution in [0.25, 0.3) is 0 Å². The molecule has 0 fully saturated rings. The Balaban J connectivity index is 0.000000220. The number of aliphatic hydroxyl groups excluding tert-OH is 1. The summed E-state index contributed by atoms with van der Waals surface area (Å²) in [6.45, 7) is 3.79. The fourth-order valence-corrected chi connectivity index (χ4v) is 1.95. The number of hydrogen-bond donors (Lipinski definition) is 1. The molecule has 0 bridgehead atoms. The van der Waals surface area contributed by atoms with Crippen molar-refractivity contribution >= 4 is 11.6 Å². The lowest BCUT2D eigenvalue weighted by Gasteiger charge is -2.03. The summed E-state index contributed by atoms with van der Waals surface area (Å²) in [6, 6.07) is 7.28. The molecule has 0 saturated carbocycles. The molecule has 0 aliphatic rings. The quantitative estimate of drug-likeness (QED) is 0.876. The molecule has 0 unspecified atom stereocenters. The molecule has 1 N–H and O–H groups in total. The Morgan fingerprint density at radius 3 is 1.68 bits per heavy atom. The monoisotopic (exact) mass is 324 g/mol. The fraction of sp³-hybridized carbons (Fsp3) is 0.375. The topological polar surface area (TPSA) is 64.5 Å². The predicted octanol–water partition coefficient (Wildman–Crippen LogP) is 3.03. The number of aliphatic hydroxyl groups is 1. The average molecular weight is 325 g/mol. The van der Waals surface area contributed by atoms with Crippen LogP contribution in [0.5, 0.6) is 11.8 Å². The van der Waals surface area contributed by atoms with E-state index in [1.165, 1.54) is 0 Å². The largest absolute Gasteiger partial charge is 0.481 e. The summed E-state index contributed by atoms with van der Waals surface area (Å²) in [4.78, 5) is 8.24. The molecule has 0 aromatic carbocycles. The molecule has 6 heteroatoms. The number of rotatable bonds is 4. The number of ether oxygens (including phenoxy) is 2. The van der Waals surface area contributed by atoms with Gasteiger partial charge in [0.15, 0.2) is 0 Å². The Labute approximate surface area is 135 Å². The highest BCUT2D eigenvalue weighted by Crippen LogP contribution is 2.13. The van der Waals surface area contributed by atoms with Gasteiger partial charge in [0, 0.05) is 29.4 Å². The van der Waals surface area contributed by atoms with Gasteiger partial charge in [-0.25, -0.2) is 9.97 Å². The van der Waals surface area contributed by atoms with Crippen molar-refractivity contribution in [1.82, 2.24) is 9.97 Å². The second-order valence-corrected chi connectivity index (χ2v) is 4.76. The van der Waals surface area contributed by atoms with Crippen molar-refractivity contribution in [2.75, 3.05) is 14.2 Å². The molecule has 120 valence electrons. The molecule has 22 heavy (non-hydrogen) atoms. The standard InChI is InChI=1S/C8H10ClNO.C8H11NO2/c1-6-7(5-9)3-4-8(10-6)11-2;1-6-7(5-10)3-4-8(9-6)11-2/h3-4H,5H2,1-2H3;3-4,10H,5H2,1-2H3. The van der Waals surface area contributed by atoms with Gasteiger partial charge in [-0.3, -0.25) is 0 Å². The molecule has 5 nitrogen and oxygen atoms in total. The highest BCUT2D eigenvalue weighted by Gasteiger charge is 1.99. The van der Waals surface area contributed by atoms with E-state index in [0.29, 0.717) is 17.6 Å². The van der Waals surface area contributed by atoms with E-state index in [-0.39, 0.29) is 6.61 Å². The number of alkyl halides is 1. The van der Waals surface area contributed by atoms with Gasteiger partial charge in [-0.2, -0.15) is 0 Å². The Kier molecular flexibility index (Phi) is 7.63. The van der Waals surface area contributed by atoms with E-state index < -0.39 is 0 Å². The number of nitrogens with zero attached hydrogens (tertiary/aromatic N) is 2. The molecule has 0 aliphatic heterocycles. The first-order valence-electron chi connectivity index (χ1n) is 6.73. The Morgan fingerprint density at radius 1 is 0.909 bits per heavy atom. The molecule has 0 amide bonds. The second kappa shape index (κ2) is 9.23. The first kappa shape index (κ1) is 18.2. The first-order valence-corrected chi connectivity index (χ1v) is 7.27. The fourth-order valence-electron chi connectivity index (χ4n) is 1.67. The van der Waals surface area contributed by atoms with Crippen molar-refractivity contribution in [2.24, 2.45) is 0 Å². The summed E-state index contributed by atoms with van der Waals surface area (Å²) in [7, 11) is 3.17. The Hall–Kier alpha value is -1.85. The highest BCUT2D eigenvalue weighted by molar-refractivity contribution is 6.17. The number of aryl methyl sites for hydroxylation is 2. The van der Waals surface area contributed by atoms with E-state index in [1.54, 1.807) is 26.4 Å². The third-order valence-electron chi connectivity index (χ3n) is 3.07. The van der Waals surface area contributed by atoms with Crippen LogP contribution in [0.1, 0.15) is 22.5 Å². The van der Waals surface area contributed by atoms with E-state index in [1.807, 2.05) is 26.0 Å². The summed E-state index contributed by atoms with van der Waals surface area (Å²) in [5, 5.41) is 8.80. The van der Waals surface area contributed by atoms with Gasteiger partial charge in [-0.1, -0.05) is 6.07 Å². The lowest BCUT2D eigenvalue weighted by molar-refractivity contribution is 0.280. The van der Waals surface area contributed by atoms with E-state index in [2.05, 4.69) is 9.97 Å². The average Bonchev–Trinajstić information content (AvgIpc) is 2.55. The molecule has 0 atom stereocenters. The van der Waals surface area contributed by atoms with Crippen molar-refractivity contribution in [3.8, 4) is 11.8 Å². The Morgan fingerprint density at radius 2 is 1.36 bits per heavy atom. The molecule has 2 rings (SSSR count). The number of hydrogen-bond acceptors (Lipinski definition) is 5. The normalized spacial score (nSPS) is 9.73. The van der Waals surface area contributed by atoms with Crippen molar-refractivity contribution in [3.05, 3.63) is 46.8 Å². The summed E-state index contributed by atoms with van der Waals surface area (Å²) in [5.41, 5.74) is 3.63. The van der Waals surface area contributed by atoms with Gasteiger partial charge in [0.25, 0.3) is 0 Å². The van der Waals surface area contributed by atoms with E-state index >= 15 is 0 Å². The van der Waals surface area contributed by atoms with Gasteiger partial charge in [0.05, 0.1) is 20.8 Å². The van der Waals surface area contributed by atoms with Crippen LogP contribution in [0.4, 0.5) is 0 Å². The van der Waals surface area contributed by atoms with Gasteiger partial charge in [-0.05, 0) is 31.0 Å². The third kappa shape index (κ3) is 5.16. The lowest BCUT2D eigenvalue weighted by Crippen LogP contribution is -1.94. The van der Waals surface area contributed by atoms with Crippen LogP contribution < -0.4 is 9.47 Å². The minimum absolute atomic E-state index is 0.0306. The second-order valence-electron chi connectivity index (χ2n) is 4.49. The smallest absolute Gasteiger partial charge is 0.213 e. The first-order chi connectivity index (χ1) is 10.5. The molecular formula is C16H21ClN2O3. The van der Waals surface area contributed by atoms with Crippen LogP contribution in [0.15, 0.2) is 24.3 Å². The van der Waals surface area contributed by atoms with Crippen molar-refractivity contribution in [3.63, 3.8) is 0 Å². The lowest BCUT2D eigenvalue weighted by atomic mass is 10.2. The van der Waals surface area contributed by atoms with Gasteiger partial charge < -0.3 is 14.6 Å². The summed E-state index contributed by atoms with van der Waals surface area (Å²) >= 11 is 5.65. The minimum atomic E-state index is 0.0306.